The quantitative estimate of drug-likeness (QED) is 0.752. The predicted molar refractivity (Wildman–Crippen MR) is 115 cm³/mol. The lowest BCUT2D eigenvalue weighted by molar-refractivity contribution is 0.102. The van der Waals surface area contributed by atoms with Crippen molar-refractivity contribution in [3.63, 3.8) is 0 Å². The molecule has 1 aliphatic rings. The zero-order valence-electron chi connectivity index (χ0n) is 16.7. The van der Waals surface area contributed by atoms with Crippen LogP contribution in [0.4, 0.5) is 11.4 Å². The molecule has 0 saturated heterocycles. The molecule has 1 N–H and O–H groups in total. The van der Waals surface area contributed by atoms with Crippen LogP contribution in [-0.2, 0) is 13.0 Å². The van der Waals surface area contributed by atoms with Crippen molar-refractivity contribution in [1.82, 2.24) is 9.88 Å². The number of pyridine rings is 1. The Hall–Kier alpha value is -2.92. The van der Waals surface area contributed by atoms with Gasteiger partial charge in [0, 0.05) is 61.6 Å². The van der Waals surface area contributed by atoms with Gasteiger partial charge < -0.3 is 10.2 Å². The van der Waals surface area contributed by atoms with Crippen LogP contribution in [0.1, 0.15) is 28.5 Å². The number of rotatable bonds is 4. The maximum atomic E-state index is 13.4. The van der Waals surface area contributed by atoms with Crippen LogP contribution in [0.2, 0.25) is 0 Å². The van der Waals surface area contributed by atoms with E-state index in [1.54, 1.807) is 0 Å². The van der Waals surface area contributed by atoms with Crippen LogP contribution in [-0.4, -0.2) is 43.0 Å². The zero-order chi connectivity index (χ0) is 19.7. The molecule has 144 valence electrons. The first-order chi connectivity index (χ1) is 13.6. The lowest BCUT2D eigenvalue weighted by atomic mass is 9.95. The summed E-state index contributed by atoms with van der Waals surface area (Å²) in [6.07, 6.45) is 0.879. The van der Waals surface area contributed by atoms with Gasteiger partial charge in [0.25, 0.3) is 5.91 Å². The Labute approximate surface area is 166 Å². The Morgan fingerprint density at radius 1 is 1.18 bits per heavy atom. The third-order valence-corrected chi connectivity index (χ3v) is 5.42. The number of fused-ring (bicyclic) bond motifs is 2. The first-order valence-corrected chi connectivity index (χ1v) is 9.78. The molecule has 2 heterocycles. The first-order valence-electron chi connectivity index (χ1n) is 9.78. The van der Waals surface area contributed by atoms with Crippen LogP contribution < -0.4 is 10.2 Å². The summed E-state index contributed by atoms with van der Waals surface area (Å²) in [5.74, 6) is -0.0660. The molecule has 0 aliphatic carbocycles. The van der Waals surface area contributed by atoms with Crippen LogP contribution in [0.15, 0.2) is 48.5 Å². The highest BCUT2D eigenvalue weighted by Crippen LogP contribution is 2.29. The molecule has 5 heteroatoms. The number of benzene rings is 2. The van der Waals surface area contributed by atoms with Crippen molar-refractivity contribution in [3.05, 3.63) is 65.4 Å². The lowest BCUT2D eigenvalue weighted by Crippen LogP contribution is -2.33. The average Bonchev–Trinajstić information content (AvgIpc) is 2.71. The number of hydrogen-bond donors (Lipinski definition) is 1. The molecule has 1 amide bonds. The molecule has 2 aromatic carbocycles. The van der Waals surface area contributed by atoms with Gasteiger partial charge in [-0.2, -0.15) is 0 Å². The summed E-state index contributed by atoms with van der Waals surface area (Å²) in [6, 6.07) is 15.9. The van der Waals surface area contributed by atoms with Crippen molar-refractivity contribution in [2.75, 3.05) is 37.4 Å². The molecular weight excluding hydrogens is 348 g/mol. The van der Waals surface area contributed by atoms with E-state index in [0.717, 1.165) is 65.2 Å². The molecular formula is C23H26N4O. The van der Waals surface area contributed by atoms with E-state index >= 15 is 0 Å². The number of aromatic nitrogens is 1. The standard InChI is InChI=1S/C23H26N4O/c1-4-27-13-12-21-19(15-27)22(18-10-5-6-11-20(18)25-21)23(28)24-16-8-7-9-17(14-16)26(2)3/h5-11,14H,4,12-13,15H2,1-3H3,(H,24,28). The molecule has 0 atom stereocenters. The highest BCUT2D eigenvalue weighted by atomic mass is 16.1. The second-order valence-corrected chi connectivity index (χ2v) is 7.45. The van der Waals surface area contributed by atoms with E-state index in [-0.39, 0.29) is 5.91 Å². The van der Waals surface area contributed by atoms with Gasteiger partial charge >= 0.3 is 0 Å². The Bertz CT molecular complexity index is 1030. The SMILES string of the molecule is CCN1CCc2nc3ccccc3c(C(=O)Nc3cccc(N(C)C)c3)c2C1. The largest absolute Gasteiger partial charge is 0.378 e. The summed E-state index contributed by atoms with van der Waals surface area (Å²) in [6.45, 7) is 4.88. The number of carbonyl (C=O) groups excluding carboxylic acids is 1. The Balaban J connectivity index is 1.78. The van der Waals surface area contributed by atoms with Crippen molar-refractivity contribution < 1.29 is 4.79 Å². The van der Waals surface area contributed by atoms with E-state index in [4.69, 9.17) is 4.98 Å². The van der Waals surface area contributed by atoms with Crippen LogP contribution in [0.5, 0.6) is 0 Å². The van der Waals surface area contributed by atoms with Crippen LogP contribution in [0, 0.1) is 0 Å². The Morgan fingerprint density at radius 2 is 2.00 bits per heavy atom. The highest BCUT2D eigenvalue weighted by molar-refractivity contribution is 6.13. The number of nitrogens with one attached hydrogen (secondary N) is 1. The van der Waals surface area contributed by atoms with E-state index < -0.39 is 0 Å². The number of likely N-dealkylation sites (N-methyl/N-ethyl adjacent to an activating group) is 1. The van der Waals surface area contributed by atoms with E-state index in [1.807, 2.05) is 67.5 Å². The smallest absolute Gasteiger partial charge is 0.256 e. The minimum atomic E-state index is -0.0660. The molecule has 0 bridgehead atoms. The van der Waals surface area contributed by atoms with Crippen molar-refractivity contribution in [3.8, 4) is 0 Å². The Morgan fingerprint density at radius 3 is 2.79 bits per heavy atom. The van der Waals surface area contributed by atoms with Gasteiger partial charge in [0.05, 0.1) is 11.1 Å². The molecule has 0 saturated carbocycles. The van der Waals surface area contributed by atoms with Gasteiger partial charge in [-0.1, -0.05) is 31.2 Å². The van der Waals surface area contributed by atoms with Gasteiger partial charge in [-0.3, -0.25) is 14.7 Å². The monoisotopic (exact) mass is 374 g/mol. The van der Waals surface area contributed by atoms with E-state index in [1.165, 1.54) is 0 Å². The fourth-order valence-electron chi connectivity index (χ4n) is 3.83. The second-order valence-electron chi connectivity index (χ2n) is 7.45. The molecule has 0 fully saturated rings. The highest BCUT2D eigenvalue weighted by Gasteiger charge is 2.25. The summed E-state index contributed by atoms with van der Waals surface area (Å²) >= 11 is 0. The maximum Gasteiger partial charge on any atom is 0.256 e. The molecule has 1 aromatic heterocycles. The number of amides is 1. The topological polar surface area (TPSA) is 48.5 Å². The number of carbonyl (C=O) groups is 1. The van der Waals surface area contributed by atoms with Crippen molar-refractivity contribution in [2.45, 2.75) is 19.9 Å². The molecule has 0 radical (unpaired) electrons. The lowest BCUT2D eigenvalue weighted by Gasteiger charge is -2.29. The third-order valence-electron chi connectivity index (χ3n) is 5.42. The third kappa shape index (κ3) is 3.45. The van der Waals surface area contributed by atoms with E-state index in [9.17, 15) is 4.79 Å². The van der Waals surface area contributed by atoms with Crippen LogP contribution >= 0.6 is 0 Å². The summed E-state index contributed by atoms with van der Waals surface area (Å²) < 4.78 is 0. The second kappa shape index (κ2) is 7.60. The zero-order valence-corrected chi connectivity index (χ0v) is 16.7. The number of hydrogen-bond acceptors (Lipinski definition) is 4. The van der Waals surface area contributed by atoms with Gasteiger partial charge in [-0.25, -0.2) is 0 Å². The number of anilines is 2. The molecule has 4 rings (SSSR count). The number of nitrogens with zero attached hydrogens (tertiary/aromatic N) is 3. The Kier molecular flexibility index (Phi) is 5.01. The molecule has 3 aromatic rings. The minimum Gasteiger partial charge on any atom is -0.378 e. The van der Waals surface area contributed by atoms with Crippen molar-refractivity contribution in [1.29, 1.82) is 0 Å². The van der Waals surface area contributed by atoms with Gasteiger partial charge in [0.1, 0.15) is 0 Å². The number of para-hydroxylation sites is 1. The average molecular weight is 374 g/mol. The first kappa shape index (κ1) is 18.4. The summed E-state index contributed by atoms with van der Waals surface area (Å²) in [5.41, 5.74) is 5.61. The van der Waals surface area contributed by atoms with E-state index in [2.05, 4.69) is 17.1 Å². The normalized spacial score (nSPS) is 14.0. The molecule has 28 heavy (non-hydrogen) atoms. The molecule has 0 spiro atoms. The van der Waals surface area contributed by atoms with Gasteiger partial charge in [-0.15, -0.1) is 0 Å². The van der Waals surface area contributed by atoms with Gasteiger partial charge in [-0.05, 0) is 30.8 Å². The van der Waals surface area contributed by atoms with Crippen molar-refractivity contribution in [2.24, 2.45) is 0 Å². The van der Waals surface area contributed by atoms with E-state index in [0.29, 0.717) is 0 Å². The van der Waals surface area contributed by atoms with Crippen LogP contribution in [0.3, 0.4) is 0 Å². The summed E-state index contributed by atoms with van der Waals surface area (Å²) in [5, 5.41) is 4.03. The van der Waals surface area contributed by atoms with Crippen LogP contribution in [0.25, 0.3) is 10.9 Å². The van der Waals surface area contributed by atoms with Gasteiger partial charge in [0.2, 0.25) is 0 Å². The fraction of sp³-hybridized carbons (Fsp3) is 0.304. The predicted octanol–water partition coefficient (Wildman–Crippen LogP) is 3.93. The fourth-order valence-corrected chi connectivity index (χ4v) is 3.83. The molecule has 5 nitrogen and oxygen atoms in total. The van der Waals surface area contributed by atoms with Gasteiger partial charge in [0.15, 0.2) is 0 Å². The molecule has 1 aliphatic heterocycles. The minimum absolute atomic E-state index is 0.0660. The van der Waals surface area contributed by atoms with Crippen molar-refractivity contribution >= 4 is 28.2 Å². The molecule has 0 unspecified atom stereocenters. The summed E-state index contributed by atoms with van der Waals surface area (Å²) in [7, 11) is 3.99. The summed E-state index contributed by atoms with van der Waals surface area (Å²) in [4.78, 5) is 22.7. The maximum absolute atomic E-state index is 13.4.